The minimum absolute atomic E-state index is 0.0349. The van der Waals surface area contributed by atoms with E-state index in [1.165, 1.54) is 0 Å². The molecule has 14 nitrogen and oxygen atoms in total. The molecule has 0 atom stereocenters. The maximum Gasteiger partial charge on any atom is 0.418 e. The molecule has 0 aliphatic carbocycles. The first-order valence-electron chi connectivity index (χ1n) is 11.3. The van der Waals surface area contributed by atoms with Gasteiger partial charge in [0.1, 0.15) is 33.4 Å². The van der Waals surface area contributed by atoms with Crippen molar-refractivity contribution in [1.29, 1.82) is 0 Å². The highest BCUT2D eigenvalue weighted by molar-refractivity contribution is 7.85. The lowest BCUT2D eigenvalue weighted by Crippen LogP contribution is -2.33. The summed E-state index contributed by atoms with van der Waals surface area (Å²) in [5, 5.41) is 6.78. The smallest absolute Gasteiger partial charge is 0.418 e. The van der Waals surface area contributed by atoms with Crippen LogP contribution in [0.1, 0.15) is 17.5 Å². The van der Waals surface area contributed by atoms with Gasteiger partial charge in [-0.3, -0.25) is 4.55 Å². The second kappa shape index (κ2) is 14.0. The first-order chi connectivity index (χ1) is 19.6. The average molecular weight is 668 g/mol. The van der Waals surface area contributed by atoms with Gasteiger partial charge in [-0.2, -0.15) is 34.8 Å². The topological polar surface area (TPSA) is 212 Å². The summed E-state index contributed by atoms with van der Waals surface area (Å²) in [5.74, 6) is -3.24. The molecule has 0 heterocycles. The van der Waals surface area contributed by atoms with Crippen molar-refractivity contribution >= 4 is 43.7 Å². The van der Waals surface area contributed by atoms with E-state index >= 15 is 0 Å². The minimum Gasteiger partial charge on any atom is -0.747 e. The fourth-order valence-corrected chi connectivity index (χ4v) is 3.62. The molecule has 0 bridgehead atoms. The normalized spacial score (nSPS) is 12.3. The van der Waals surface area contributed by atoms with E-state index in [1.54, 1.807) is 21.3 Å². The number of anilines is 2. The van der Waals surface area contributed by atoms with Gasteiger partial charge in [-0.15, -0.1) is 0 Å². The lowest BCUT2D eigenvalue weighted by atomic mass is 10.1. The molecule has 4 amide bonds. The molecule has 2 aromatic rings. The monoisotopic (exact) mass is 667 g/mol. The number of amides is 4. The highest BCUT2D eigenvalue weighted by Crippen LogP contribution is 2.38. The zero-order valence-electron chi connectivity index (χ0n) is 21.2. The SMILES string of the molecule is O=C(NCS(=O)(=O)[O-])Nc1ccc(OCCCOc2ccc(NC(=O)NCS(=O)(=O)O)c(C(F)(F)F)c2)cc1C(F)(F)F. The van der Waals surface area contributed by atoms with E-state index in [0.717, 1.165) is 24.3 Å². The Morgan fingerprint density at radius 2 is 1.14 bits per heavy atom. The molecule has 240 valence electrons. The summed E-state index contributed by atoms with van der Waals surface area (Å²) < 4.78 is 153. The summed E-state index contributed by atoms with van der Waals surface area (Å²) in [4.78, 5) is 23.3. The Bertz CT molecular complexity index is 1420. The molecule has 0 saturated heterocycles. The van der Waals surface area contributed by atoms with Crippen LogP contribution in [-0.4, -0.2) is 63.0 Å². The molecule has 0 unspecified atom stereocenters. The molecule has 0 spiro atoms. The predicted molar refractivity (Wildman–Crippen MR) is 134 cm³/mol. The van der Waals surface area contributed by atoms with E-state index in [0.29, 0.717) is 12.1 Å². The molecule has 22 heteroatoms. The van der Waals surface area contributed by atoms with Crippen molar-refractivity contribution in [3.63, 3.8) is 0 Å². The maximum atomic E-state index is 13.5. The molecule has 5 N–H and O–H groups in total. The second-order valence-electron chi connectivity index (χ2n) is 8.15. The third kappa shape index (κ3) is 12.8. The number of hydrogen-bond acceptors (Lipinski definition) is 9. The molecule has 0 aliphatic heterocycles. The minimum atomic E-state index is -5.00. The summed E-state index contributed by atoms with van der Waals surface area (Å²) in [5.41, 5.74) is -4.28. The Balaban J connectivity index is 1.98. The van der Waals surface area contributed by atoms with Crippen LogP contribution in [0.15, 0.2) is 36.4 Å². The third-order valence-corrected chi connectivity index (χ3v) is 5.75. The molecule has 0 saturated carbocycles. The van der Waals surface area contributed by atoms with Crippen molar-refractivity contribution in [1.82, 2.24) is 10.6 Å². The Labute approximate surface area is 239 Å². The van der Waals surface area contributed by atoms with Gasteiger partial charge < -0.3 is 35.3 Å². The van der Waals surface area contributed by atoms with E-state index in [4.69, 9.17) is 14.0 Å². The van der Waals surface area contributed by atoms with Gasteiger partial charge in [0, 0.05) is 6.42 Å². The van der Waals surface area contributed by atoms with Crippen LogP contribution in [0, 0.1) is 0 Å². The highest BCUT2D eigenvalue weighted by atomic mass is 32.2. The van der Waals surface area contributed by atoms with E-state index in [9.17, 15) is 57.3 Å². The van der Waals surface area contributed by atoms with Crippen LogP contribution in [0.3, 0.4) is 0 Å². The first kappa shape index (κ1) is 35.2. The molecule has 0 fully saturated rings. The number of carbonyl (C=O) groups excluding carboxylic acids is 2. The fourth-order valence-electron chi connectivity index (χ4n) is 3.00. The van der Waals surface area contributed by atoms with Crippen molar-refractivity contribution in [3.05, 3.63) is 47.5 Å². The standard InChI is InChI=1S/C21H22F6N4O10S2/c22-20(23,24)14-8-12(2-4-16(14)30-18(32)28-10-42(34,35)36)40-6-1-7-41-13-3-5-17(15(9-13)21(25,26)27)31-19(33)29-11-43(37,38)39/h2-5,8-9H,1,6-7,10-11H2,(H2,28,30,32)(H2,29,31,33)(H,34,35,36)(H,37,38,39)/p-1. The van der Waals surface area contributed by atoms with Crippen LogP contribution in [0.25, 0.3) is 0 Å². The van der Waals surface area contributed by atoms with Crippen LogP contribution in [-0.2, 0) is 32.6 Å². The molecular formula is C21H21F6N4O10S2-. The summed E-state index contributed by atoms with van der Waals surface area (Å²) in [6.45, 7) is -0.543. The molecule has 0 aliphatic rings. The first-order valence-corrected chi connectivity index (χ1v) is 14.5. The van der Waals surface area contributed by atoms with Crippen molar-refractivity contribution in [3.8, 4) is 11.5 Å². The Hall–Kier alpha value is -4.02. The van der Waals surface area contributed by atoms with Gasteiger partial charge in [0.15, 0.2) is 0 Å². The molecular weight excluding hydrogens is 646 g/mol. The van der Waals surface area contributed by atoms with Crippen molar-refractivity contribution in [2.45, 2.75) is 18.8 Å². The Morgan fingerprint density at radius 3 is 1.49 bits per heavy atom. The number of rotatable bonds is 12. The average Bonchev–Trinajstić information content (AvgIpc) is 2.85. The van der Waals surface area contributed by atoms with Gasteiger partial charge in [0.05, 0.1) is 35.7 Å². The Kier molecular flexibility index (Phi) is 11.4. The fraction of sp³-hybridized carbons (Fsp3) is 0.333. The molecule has 0 aromatic heterocycles. The van der Waals surface area contributed by atoms with Crippen molar-refractivity contribution in [2.24, 2.45) is 0 Å². The molecule has 2 rings (SSSR count). The summed E-state index contributed by atoms with van der Waals surface area (Å²) in [6.07, 6.45) is -10.0. The maximum absolute atomic E-state index is 13.5. The van der Waals surface area contributed by atoms with Crippen LogP contribution < -0.4 is 30.7 Å². The molecule has 0 radical (unpaired) electrons. The quantitative estimate of drug-likeness (QED) is 0.127. The third-order valence-electron chi connectivity index (χ3n) is 4.74. The van der Waals surface area contributed by atoms with Gasteiger partial charge in [0.25, 0.3) is 10.1 Å². The van der Waals surface area contributed by atoms with Gasteiger partial charge in [0.2, 0.25) is 0 Å². The van der Waals surface area contributed by atoms with Crippen LogP contribution in [0.2, 0.25) is 0 Å². The number of urea groups is 2. The van der Waals surface area contributed by atoms with Crippen molar-refractivity contribution < 1.29 is 71.3 Å². The van der Waals surface area contributed by atoms with E-state index < -0.39 is 78.9 Å². The van der Waals surface area contributed by atoms with Gasteiger partial charge in [-0.1, -0.05) is 0 Å². The summed E-state index contributed by atoms with van der Waals surface area (Å²) in [6, 6.07) is 1.99. The van der Waals surface area contributed by atoms with E-state index in [2.05, 4.69) is 0 Å². The lowest BCUT2D eigenvalue weighted by Gasteiger charge is -2.17. The zero-order chi connectivity index (χ0) is 32.6. The number of alkyl halides is 6. The van der Waals surface area contributed by atoms with Crippen molar-refractivity contribution in [2.75, 3.05) is 35.6 Å². The molecule has 43 heavy (non-hydrogen) atoms. The van der Waals surface area contributed by atoms with E-state index in [-0.39, 0.29) is 31.1 Å². The zero-order valence-corrected chi connectivity index (χ0v) is 22.8. The molecule has 2 aromatic carbocycles. The highest BCUT2D eigenvalue weighted by Gasteiger charge is 2.35. The summed E-state index contributed by atoms with van der Waals surface area (Å²) in [7, 11) is -9.50. The Morgan fingerprint density at radius 1 is 0.744 bits per heavy atom. The number of halogens is 6. The van der Waals surface area contributed by atoms with Gasteiger partial charge in [-0.05, 0) is 36.4 Å². The van der Waals surface area contributed by atoms with Crippen LogP contribution in [0.4, 0.5) is 47.3 Å². The lowest BCUT2D eigenvalue weighted by molar-refractivity contribution is -0.137. The number of ether oxygens (including phenoxy) is 2. The largest absolute Gasteiger partial charge is 0.747 e. The number of carbonyl (C=O) groups is 2. The van der Waals surface area contributed by atoms with Gasteiger partial charge in [-0.25, -0.2) is 18.0 Å². The van der Waals surface area contributed by atoms with Gasteiger partial charge >= 0.3 is 24.4 Å². The van der Waals surface area contributed by atoms with E-state index in [1.807, 2.05) is 0 Å². The number of hydrogen-bond donors (Lipinski definition) is 5. The predicted octanol–water partition coefficient (Wildman–Crippen LogP) is 3.16. The number of nitrogens with one attached hydrogen (secondary N) is 4. The van der Waals surface area contributed by atoms with Crippen LogP contribution in [0.5, 0.6) is 11.5 Å². The van der Waals surface area contributed by atoms with Crippen LogP contribution >= 0.6 is 0 Å². The number of benzene rings is 2. The summed E-state index contributed by atoms with van der Waals surface area (Å²) >= 11 is 0. The second-order valence-corrected chi connectivity index (χ2v) is 11.0.